The molecule has 5 rings (SSSR count). The Hall–Kier alpha value is -3.63. The van der Waals surface area contributed by atoms with Crippen molar-refractivity contribution in [2.45, 2.75) is 0 Å². The number of ether oxygens (including phenoxy) is 5. The molecule has 0 spiro atoms. The Morgan fingerprint density at radius 2 is 1.00 bits per heavy atom. The van der Waals surface area contributed by atoms with E-state index in [9.17, 15) is 0 Å². The first kappa shape index (κ1) is 25.0. The summed E-state index contributed by atoms with van der Waals surface area (Å²) in [5.41, 5.74) is 0. The summed E-state index contributed by atoms with van der Waals surface area (Å²) in [4.78, 5) is 0. The van der Waals surface area contributed by atoms with Crippen molar-refractivity contribution in [3.63, 3.8) is 0 Å². The summed E-state index contributed by atoms with van der Waals surface area (Å²) in [6.45, 7) is 0.279. The molecule has 0 aromatic heterocycles. The maximum Gasteiger partial charge on any atom is 0.188 e. The Morgan fingerprint density at radius 1 is 0.514 bits per heavy atom. The second kappa shape index (κ2) is 11.6. The monoisotopic (exact) mass is 512 g/mol. The number of hydrogen-bond donors (Lipinski definition) is 0. The summed E-state index contributed by atoms with van der Waals surface area (Å²) in [7, 11) is 3.79. The standard InChI is InChI=1S/C31H29O5P/c1-32-20-35-30-24-12-6-4-10-22(24)16-18-28(30)37(27-15-9-8-14-26(27)34-3)29-19-17-23-11-5-7-13-25(23)31(29)36-21-33-2/h4-19H,20-21H2,1-3H3. The van der Waals surface area contributed by atoms with Gasteiger partial charge in [0.25, 0.3) is 0 Å². The SMILES string of the molecule is COCOc1c(P(c2ccccc2OC)c2ccc3ccccc3c2OCOC)ccc2ccccc12. The second-order valence-electron chi connectivity index (χ2n) is 8.38. The zero-order valence-electron chi connectivity index (χ0n) is 21.1. The van der Waals surface area contributed by atoms with Crippen LogP contribution in [0, 0.1) is 0 Å². The molecule has 188 valence electrons. The Kier molecular flexibility index (Phi) is 7.86. The third-order valence-corrected chi connectivity index (χ3v) is 8.69. The van der Waals surface area contributed by atoms with Gasteiger partial charge in [0.2, 0.25) is 0 Å². The van der Waals surface area contributed by atoms with Crippen molar-refractivity contribution in [3.8, 4) is 17.2 Å². The molecule has 0 amide bonds. The Labute approximate surface area is 218 Å². The highest BCUT2D eigenvalue weighted by Crippen LogP contribution is 2.45. The Bertz CT molecular complexity index is 1430. The van der Waals surface area contributed by atoms with Crippen molar-refractivity contribution >= 4 is 45.4 Å². The molecule has 0 aliphatic rings. The molecule has 6 heteroatoms. The van der Waals surface area contributed by atoms with E-state index in [1.807, 2.05) is 42.5 Å². The molecule has 0 N–H and O–H groups in total. The van der Waals surface area contributed by atoms with Crippen LogP contribution in [-0.2, 0) is 9.47 Å². The van der Waals surface area contributed by atoms with E-state index in [1.54, 1.807) is 21.3 Å². The van der Waals surface area contributed by atoms with Crippen LogP contribution >= 0.6 is 7.92 Å². The first-order valence-corrected chi connectivity index (χ1v) is 13.3. The molecule has 0 bridgehead atoms. The Balaban J connectivity index is 1.85. The van der Waals surface area contributed by atoms with Gasteiger partial charge in [0.15, 0.2) is 13.6 Å². The number of benzene rings is 5. The summed E-state index contributed by atoms with van der Waals surface area (Å²) >= 11 is 0. The highest BCUT2D eigenvalue weighted by molar-refractivity contribution is 7.80. The molecule has 0 unspecified atom stereocenters. The fraction of sp³-hybridized carbons (Fsp3) is 0.161. The third-order valence-electron chi connectivity index (χ3n) is 6.17. The molecule has 5 nitrogen and oxygen atoms in total. The van der Waals surface area contributed by atoms with Crippen LogP contribution in [-0.4, -0.2) is 34.9 Å². The molecule has 0 radical (unpaired) electrons. The lowest BCUT2D eigenvalue weighted by atomic mass is 10.1. The summed E-state index contributed by atoms with van der Waals surface area (Å²) in [6.07, 6.45) is 0. The van der Waals surface area contributed by atoms with Gasteiger partial charge in [-0.05, 0) is 36.9 Å². The molecular weight excluding hydrogens is 483 g/mol. The molecule has 0 heterocycles. The maximum absolute atomic E-state index is 6.29. The van der Waals surface area contributed by atoms with Gasteiger partial charge in [-0.1, -0.05) is 78.9 Å². The molecule has 0 atom stereocenters. The minimum Gasteiger partial charge on any atom is -0.496 e. The highest BCUT2D eigenvalue weighted by atomic mass is 31.1. The largest absolute Gasteiger partial charge is 0.496 e. The van der Waals surface area contributed by atoms with E-state index in [0.717, 1.165) is 54.7 Å². The topological polar surface area (TPSA) is 46.2 Å². The van der Waals surface area contributed by atoms with Gasteiger partial charge < -0.3 is 23.7 Å². The predicted octanol–water partition coefficient (Wildman–Crippen LogP) is 5.73. The summed E-state index contributed by atoms with van der Waals surface area (Å²) in [5, 5.41) is 7.42. The van der Waals surface area contributed by atoms with E-state index in [-0.39, 0.29) is 13.6 Å². The summed E-state index contributed by atoms with van der Waals surface area (Å²) < 4.78 is 29.1. The molecule has 5 aromatic carbocycles. The average Bonchev–Trinajstić information content (AvgIpc) is 2.96. The summed E-state index contributed by atoms with van der Waals surface area (Å²) in [5.74, 6) is 2.40. The molecule has 0 aliphatic heterocycles. The maximum atomic E-state index is 6.29. The number of hydrogen-bond acceptors (Lipinski definition) is 5. The quantitative estimate of drug-likeness (QED) is 0.177. The van der Waals surface area contributed by atoms with Crippen LogP contribution in [0.15, 0.2) is 97.1 Å². The van der Waals surface area contributed by atoms with Crippen LogP contribution in [0.2, 0.25) is 0 Å². The molecule has 0 saturated heterocycles. The molecule has 0 fully saturated rings. The molecule has 0 aliphatic carbocycles. The van der Waals surface area contributed by atoms with Crippen molar-refractivity contribution in [1.82, 2.24) is 0 Å². The average molecular weight is 513 g/mol. The Morgan fingerprint density at radius 3 is 1.51 bits per heavy atom. The van der Waals surface area contributed by atoms with Crippen LogP contribution in [0.3, 0.4) is 0 Å². The lowest BCUT2D eigenvalue weighted by Gasteiger charge is -2.27. The molecule has 0 saturated carbocycles. The molecule has 5 aromatic rings. The number of para-hydroxylation sites is 1. The minimum atomic E-state index is -1.18. The van der Waals surface area contributed by atoms with Gasteiger partial charge in [0.05, 0.1) is 7.11 Å². The predicted molar refractivity (Wildman–Crippen MR) is 152 cm³/mol. The van der Waals surface area contributed by atoms with Crippen LogP contribution < -0.4 is 30.1 Å². The molecular formula is C31H29O5P. The number of methoxy groups -OCH3 is 3. The first-order valence-electron chi connectivity index (χ1n) is 12.0. The van der Waals surface area contributed by atoms with Gasteiger partial charge in [-0.2, -0.15) is 0 Å². The highest BCUT2D eigenvalue weighted by Gasteiger charge is 2.28. The van der Waals surface area contributed by atoms with Crippen molar-refractivity contribution in [2.24, 2.45) is 0 Å². The minimum absolute atomic E-state index is 0.140. The van der Waals surface area contributed by atoms with Gasteiger partial charge in [-0.25, -0.2) is 0 Å². The van der Waals surface area contributed by atoms with E-state index >= 15 is 0 Å². The number of fused-ring (bicyclic) bond motifs is 2. The second-order valence-corrected chi connectivity index (χ2v) is 10.5. The van der Waals surface area contributed by atoms with Crippen LogP contribution in [0.5, 0.6) is 17.2 Å². The van der Waals surface area contributed by atoms with Crippen LogP contribution in [0.25, 0.3) is 21.5 Å². The van der Waals surface area contributed by atoms with E-state index in [4.69, 9.17) is 23.7 Å². The van der Waals surface area contributed by atoms with Crippen molar-refractivity contribution < 1.29 is 23.7 Å². The fourth-order valence-electron chi connectivity index (χ4n) is 4.56. The molecule has 37 heavy (non-hydrogen) atoms. The lowest BCUT2D eigenvalue weighted by Crippen LogP contribution is -2.25. The van der Waals surface area contributed by atoms with E-state index in [1.165, 1.54) is 0 Å². The van der Waals surface area contributed by atoms with Crippen LogP contribution in [0.1, 0.15) is 0 Å². The lowest BCUT2D eigenvalue weighted by molar-refractivity contribution is 0.0529. The zero-order valence-corrected chi connectivity index (χ0v) is 22.0. The van der Waals surface area contributed by atoms with Gasteiger partial charge in [-0.15, -0.1) is 0 Å². The van der Waals surface area contributed by atoms with E-state index in [0.29, 0.717) is 0 Å². The third kappa shape index (κ3) is 4.99. The van der Waals surface area contributed by atoms with Crippen molar-refractivity contribution in [1.29, 1.82) is 0 Å². The smallest absolute Gasteiger partial charge is 0.188 e. The van der Waals surface area contributed by atoms with Crippen molar-refractivity contribution in [2.75, 3.05) is 34.9 Å². The van der Waals surface area contributed by atoms with E-state index in [2.05, 4.69) is 54.6 Å². The number of rotatable bonds is 10. The first-order chi connectivity index (χ1) is 18.3. The van der Waals surface area contributed by atoms with Crippen molar-refractivity contribution in [3.05, 3.63) is 97.1 Å². The van der Waals surface area contributed by atoms with Gasteiger partial charge >= 0.3 is 0 Å². The van der Waals surface area contributed by atoms with Crippen LogP contribution in [0.4, 0.5) is 0 Å². The van der Waals surface area contributed by atoms with Gasteiger partial charge in [0.1, 0.15) is 17.2 Å². The van der Waals surface area contributed by atoms with E-state index < -0.39 is 7.92 Å². The fourth-order valence-corrected chi connectivity index (χ4v) is 7.18. The zero-order chi connectivity index (χ0) is 25.6. The summed E-state index contributed by atoms with van der Waals surface area (Å²) in [6, 6.07) is 33.2. The normalized spacial score (nSPS) is 11.2. The van der Waals surface area contributed by atoms with Gasteiger partial charge in [0, 0.05) is 40.9 Å². The van der Waals surface area contributed by atoms with Gasteiger partial charge in [-0.3, -0.25) is 0 Å².